The lowest BCUT2D eigenvalue weighted by Crippen LogP contribution is -2.43. The van der Waals surface area contributed by atoms with Gasteiger partial charge in [-0.25, -0.2) is 0 Å². The van der Waals surface area contributed by atoms with Crippen molar-refractivity contribution in [2.75, 3.05) is 0 Å². The summed E-state index contributed by atoms with van der Waals surface area (Å²) in [6.45, 7) is 12.2. The molecule has 1 amide bonds. The highest BCUT2D eigenvalue weighted by atomic mass is 16.1. The van der Waals surface area contributed by atoms with Gasteiger partial charge in [0.2, 0.25) is 5.91 Å². The van der Waals surface area contributed by atoms with Gasteiger partial charge in [0.05, 0.1) is 0 Å². The fourth-order valence-electron chi connectivity index (χ4n) is 0.597. The molecular formula is C10H21NO. The molecule has 0 radical (unpaired) electrons. The zero-order valence-corrected chi connectivity index (χ0v) is 9.06. The van der Waals surface area contributed by atoms with Crippen LogP contribution in [0.1, 0.15) is 41.5 Å². The van der Waals surface area contributed by atoms with Gasteiger partial charge in [0.1, 0.15) is 0 Å². The molecule has 12 heavy (non-hydrogen) atoms. The molecule has 72 valence electrons. The first-order chi connectivity index (χ1) is 5.25. The Morgan fingerprint density at radius 3 is 1.83 bits per heavy atom. The molecule has 0 bridgehead atoms. The average molecular weight is 171 g/mol. The maximum absolute atomic E-state index is 11.3. The van der Waals surface area contributed by atoms with E-state index in [4.69, 9.17) is 0 Å². The summed E-state index contributed by atoms with van der Waals surface area (Å²) in [5.41, 5.74) is 0.143. The molecule has 0 aliphatic rings. The van der Waals surface area contributed by atoms with E-state index in [9.17, 15) is 4.79 Å². The van der Waals surface area contributed by atoms with Crippen LogP contribution in [0, 0.1) is 11.3 Å². The lowest BCUT2D eigenvalue weighted by molar-refractivity contribution is -0.125. The first-order valence-corrected chi connectivity index (χ1v) is 4.55. The Hall–Kier alpha value is -0.530. The van der Waals surface area contributed by atoms with Crippen LogP contribution in [0.4, 0.5) is 0 Å². The Labute approximate surface area is 75.7 Å². The van der Waals surface area contributed by atoms with E-state index < -0.39 is 0 Å². The van der Waals surface area contributed by atoms with Crippen LogP contribution in [0.3, 0.4) is 0 Å². The number of hydrogen-bond acceptors (Lipinski definition) is 1. The van der Waals surface area contributed by atoms with Crippen LogP contribution in [0.5, 0.6) is 0 Å². The second kappa shape index (κ2) is 3.92. The van der Waals surface area contributed by atoms with Crippen molar-refractivity contribution in [3.8, 4) is 0 Å². The number of amides is 1. The zero-order chi connectivity index (χ0) is 9.94. The molecule has 0 saturated heterocycles. The SMILES string of the molecule is CC(C)C(=O)NC(C)C(C)(C)C. The van der Waals surface area contributed by atoms with Crippen LogP contribution >= 0.6 is 0 Å². The molecule has 0 spiro atoms. The summed E-state index contributed by atoms with van der Waals surface area (Å²) in [7, 11) is 0. The fourth-order valence-corrected chi connectivity index (χ4v) is 0.597. The summed E-state index contributed by atoms with van der Waals surface area (Å²) >= 11 is 0. The number of carbonyl (C=O) groups excluding carboxylic acids is 1. The Kier molecular flexibility index (Phi) is 3.75. The minimum Gasteiger partial charge on any atom is -0.353 e. The minimum absolute atomic E-state index is 0.0785. The van der Waals surface area contributed by atoms with Crippen molar-refractivity contribution in [1.29, 1.82) is 0 Å². The van der Waals surface area contributed by atoms with Crippen LogP contribution in [-0.2, 0) is 4.79 Å². The summed E-state index contributed by atoms with van der Waals surface area (Å²) < 4.78 is 0. The third-order valence-electron chi connectivity index (χ3n) is 2.18. The van der Waals surface area contributed by atoms with Crippen LogP contribution in [0.15, 0.2) is 0 Å². The van der Waals surface area contributed by atoms with E-state index in [1.807, 2.05) is 20.8 Å². The molecule has 0 heterocycles. The number of hydrogen-bond donors (Lipinski definition) is 1. The van der Waals surface area contributed by atoms with Crippen molar-refractivity contribution >= 4 is 5.91 Å². The van der Waals surface area contributed by atoms with Gasteiger partial charge in [0.25, 0.3) is 0 Å². The third kappa shape index (κ3) is 3.74. The van der Waals surface area contributed by atoms with Crippen LogP contribution < -0.4 is 5.32 Å². The fraction of sp³-hybridized carbons (Fsp3) is 0.900. The van der Waals surface area contributed by atoms with Crippen LogP contribution in [0.2, 0.25) is 0 Å². The molecule has 0 aromatic carbocycles. The predicted octanol–water partition coefficient (Wildman–Crippen LogP) is 2.19. The summed E-state index contributed by atoms with van der Waals surface area (Å²) in [5, 5.41) is 2.98. The lowest BCUT2D eigenvalue weighted by atomic mass is 9.88. The van der Waals surface area contributed by atoms with Gasteiger partial charge in [-0.3, -0.25) is 4.79 Å². The molecule has 0 aliphatic heterocycles. The Morgan fingerprint density at radius 2 is 1.58 bits per heavy atom. The van der Waals surface area contributed by atoms with E-state index in [1.54, 1.807) is 0 Å². The van der Waals surface area contributed by atoms with Crippen molar-refractivity contribution < 1.29 is 4.79 Å². The predicted molar refractivity (Wildman–Crippen MR) is 51.9 cm³/mol. The molecule has 2 nitrogen and oxygen atoms in total. The number of rotatable bonds is 2. The minimum atomic E-state index is 0.0785. The summed E-state index contributed by atoms with van der Waals surface area (Å²) in [6, 6.07) is 0.229. The van der Waals surface area contributed by atoms with Crippen molar-refractivity contribution in [3.63, 3.8) is 0 Å². The molecule has 0 fully saturated rings. The molecule has 0 rings (SSSR count). The summed E-state index contributed by atoms with van der Waals surface area (Å²) in [5.74, 6) is 0.215. The third-order valence-corrected chi connectivity index (χ3v) is 2.18. The van der Waals surface area contributed by atoms with Gasteiger partial charge < -0.3 is 5.32 Å². The molecule has 1 atom stereocenters. The van der Waals surface area contributed by atoms with Gasteiger partial charge in [-0.1, -0.05) is 34.6 Å². The van der Waals surface area contributed by atoms with Gasteiger partial charge in [0, 0.05) is 12.0 Å². The van der Waals surface area contributed by atoms with E-state index >= 15 is 0 Å². The molecule has 0 aromatic rings. The molecule has 1 N–H and O–H groups in total. The molecule has 0 aliphatic carbocycles. The molecule has 2 heteroatoms. The maximum Gasteiger partial charge on any atom is 0.222 e. The molecule has 0 saturated carbocycles. The number of nitrogens with one attached hydrogen (secondary N) is 1. The monoisotopic (exact) mass is 171 g/mol. The summed E-state index contributed by atoms with van der Waals surface area (Å²) in [6.07, 6.45) is 0. The topological polar surface area (TPSA) is 29.1 Å². The second-order valence-corrected chi connectivity index (χ2v) is 4.75. The van der Waals surface area contributed by atoms with E-state index in [2.05, 4.69) is 26.1 Å². The molecule has 0 aromatic heterocycles. The van der Waals surface area contributed by atoms with Gasteiger partial charge in [-0.2, -0.15) is 0 Å². The number of carbonyl (C=O) groups is 1. The van der Waals surface area contributed by atoms with Crippen LogP contribution in [-0.4, -0.2) is 11.9 Å². The Morgan fingerprint density at radius 1 is 1.17 bits per heavy atom. The highest BCUT2D eigenvalue weighted by molar-refractivity contribution is 5.78. The standard InChI is InChI=1S/C10H21NO/c1-7(2)9(12)11-8(3)10(4,5)6/h7-8H,1-6H3,(H,11,12). The smallest absolute Gasteiger partial charge is 0.222 e. The highest BCUT2D eigenvalue weighted by Gasteiger charge is 2.22. The van der Waals surface area contributed by atoms with Crippen molar-refractivity contribution in [3.05, 3.63) is 0 Å². The van der Waals surface area contributed by atoms with E-state index in [0.29, 0.717) is 0 Å². The molecule has 1 unspecified atom stereocenters. The van der Waals surface area contributed by atoms with Crippen molar-refractivity contribution in [2.45, 2.75) is 47.6 Å². The normalized spacial score (nSPS) is 14.6. The Balaban J connectivity index is 4.02. The van der Waals surface area contributed by atoms with Crippen molar-refractivity contribution in [1.82, 2.24) is 5.32 Å². The highest BCUT2D eigenvalue weighted by Crippen LogP contribution is 2.18. The zero-order valence-electron chi connectivity index (χ0n) is 9.06. The largest absolute Gasteiger partial charge is 0.353 e. The summed E-state index contributed by atoms with van der Waals surface area (Å²) in [4.78, 5) is 11.3. The lowest BCUT2D eigenvalue weighted by Gasteiger charge is -2.28. The van der Waals surface area contributed by atoms with Gasteiger partial charge >= 0.3 is 0 Å². The van der Waals surface area contributed by atoms with Crippen molar-refractivity contribution in [2.24, 2.45) is 11.3 Å². The first kappa shape index (κ1) is 11.5. The maximum atomic E-state index is 11.3. The molecular weight excluding hydrogens is 150 g/mol. The van der Waals surface area contributed by atoms with Gasteiger partial charge in [-0.15, -0.1) is 0 Å². The van der Waals surface area contributed by atoms with E-state index in [-0.39, 0.29) is 23.3 Å². The Bertz CT molecular complexity index is 156. The van der Waals surface area contributed by atoms with E-state index in [0.717, 1.165) is 0 Å². The van der Waals surface area contributed by atoms with Crippen LogP contribution in [0.25, 0.3) is 0 Å². The first-order valence-electron chi connectivity index (χ1n) is 4.55. The van der Waals surface area contributed by atoms with Gasteiger partial charge in [0.15, 0.2) is 0 Å². The second-order valence-electron chi connectivity index (χ2n) is 4.75. The quantitative estimate of drug-likeness (QED) is 0.678. The van der Waals surface area contributed by atoms with Gasteiger partial charge in [-0.05, 0) is 12.3 Å². The van der Waals surface area contributed by atoms with E-state index in [1.165, 1.54) is 0 Å². The average Bonchev–Trinajstić information content (AvgIpc) is 1.85.